The monoisotopic (exact) mass is 272 g/mol. The van der Waals surface area contributed by atoms with Gasteiger partial charge in [0.25, 0.3) is 0 Å². The first-order valence-corrected chi connectivity index (χ1v) is 6.38. The van der Waals surface area contributed by atoms with Crippen LogP contribution in [0.1, 0.15) is 23.0 Å². The number of aryl methyl sites for hydroxylation is 1. The topological polar surface area (TPSA) is 71.3 Å². The molecule has 0 bridgehead atoms. The number of carbonyl (C=O) groups is 2. The number of aromatic nitrogens is 1. The Kier molecular flexibility index (Phi) is 4.20. The molecule has 0 unspecified atom stereocenters. The fraction of sp³-hybridized carbons (Fsp3) is 0.200. The Hall–Kier alpha value is -2.56. The quantitative estimate of drug-likeness (QED) is 0.877. The second-order valence-electron chi connectivity index (χ2n) is 4.39. The molecule has 1 aromatic carbocycles. The van der Waals surface area contributed by atoms with Gasteiger partial charge in [0, 0.05) is 11.9 Å². The Morgan fingerprint density at radius 3 is 2.65 bits per heavy atom. The Morgan fingerprint density at radius 2 is 1.95 bits per heavy atom. The van der Waals surface area contributed by atoms with Crippen molar-refractivity contribution in [2.75, 3.05) is 5.32 Å². The van der Waals surface area contributed by atoms with Crippen molar-refractivity contribution in [3.05, 3.63) is 53.9 Å². The number of carboxylic acids is 1. The molecule has 0 radical (unpaired) electrons. The van der Waals surface area contributed by atoms with Crippen LogP contribution in [0.25, 0.3) is 0 Å². The number of hydrogen-bond acceptors (Lipinski definition) is 2. The lowest BCUT2D eigenvalue weighted by atomic mass is 10.1. The number of carbonyl (C=O) groups excluding carboxylic acids is 1. The highest BCUT2D eigenvalue weighted by atomic mass is 16.4. The first-order chi connectivity index (χ1) is 9.61. The standard InChI is InChI=1S/C15H16N2O3/c1-2-11-6-3-4-7-12(11)16-14(18)10-17-9-5-8-13(17)15(19)20/h3-9H,2,10H2,1H3,(H,16,18)(H,19,20). The summed E-state index contributed by atoms with van der Waals surface area (Å²) in [6, 6.07) is 10.6. The minimum Gasteiger partial charge on any atom is -0.477 e. The number of carboxylic acid groups (broad SMARTS) is 1. The van der Waals surface area contributed by atoms with E-state index in [9.17, 15) is 9.59 Å². The summed E-state index contributed by atoms with van der Waals surface area (Å²) in [5, 5.41) is 11.8. The van der Waals surface area contributed by atoms with Gasteiger partial charge in [0.05, 0.1) is 0 Å². The van der Waals surface area contributed by atoms with Gasteiger partial charge >= 0.3 is 5.97 Å². The van der Waals surface area contributed by atoms with Crippen LogP contribution in [0.3, 0.4) is 0 Å². The van der Waals surface area contributed by atoms with Gasteiger partial charge in [-0.25, -0.2) is 4.79 Å². The molecular formula is C15H16N2O3. The summed E-state index contributed by atoms with van der Waals surface area (Å²) in [5.74, 6) is -1.29. The third-order valence-corrected chi connectivity index (χ3v) is 3.03. The number of amides is 1. The highest BCUT2D eigenvalue weighted by Crippen LogP contribution is 2.15. The number of nitrogens with zero attached hydrogens (tertiary/aromatic N) is 1. The molecule has 0 aliphatic rings. The van der Waals surface area contributed by atoms with Gasteiger partial charge in [-0.05, 0) is 30.2 Å². The van der Waals surface area contributed by atoms with E-state index in [0.29, 0.717) is 0 Å². The van der Waals surface area contributed by atoms with Crippen LogP contribution in [-0.4, -0.2) is 21.6 Å². The molecule has 0 atom stereocenters. The second-order valence-corrected chi connectivity index (χ2v) is 4.39. The van der Waals surface area contributed by atoms with E-state index in [1.54, 1.807) is 12.3 Å². The van der Waals surface area contributed by atoms with Crippen molar-refractivity contribution < 1.29 is 14.7 Å². The summed E-state index contributed by atoms with van der Waals surface area (Å²) in [4.78, 5) is 23.0. The first-order valence-electron chi connectivity index (χ1n) is 6.38. The van der Waals surface area contributed by atoms with E-state index in [-0.39, 0.29) is 18.1 Å². The maximum atomic E-state index is 12.0. The normalized spacial score (nSPS) is 10.2. The number of benzene rings is 1. The summed E-state index contributed by atoms with van der Waals surface area (Å²) < 4.78 is 1.41. The minimum absolute atomic E-state index is 0.0211. The number of para-hydroxylation sites is 1. The largest absolute Gasteiger partial charge is 0.477 e. The zero-order valence-electron chi connectivity index (χ0n) is 11.2. The summed E-state index contributed by atoms with van der Waals surface area (Å²) in [5.41, 5.74) is 1.92. The Morgan fingerprint density at radius 1 is 1.20 bits per heavy atom. The van der Waals surface area contributed by atoms with Crippen molar-refractivity contribution in [2.24, 2.45) is 0 Å². The fourth-order valence-corrected chi connectivity index (χ4v) is 2.04. The highest BCUT2D eigenvalue weighted by Gasteiger charge is 2.12. The summed E-state index contributed by atoms with van der Waals surface area (Å²) in [6.07, 6.45) is 2.40. The van der Waals surface area contributed by atoms with Crippen LogP contribution in [0.15, 0.2) is 42.6 Å². The van der Waals surface area contributed by atoms with Crippen molar-refractivity contribution in [2.45, 2.75) is 19.9 Å². The minimum atomic E-state index is -1.04. The van der Waals surface area contributed by atoms with E-state index in [1.165, 1.54) is 10.6 Å². The maximum absolute atomic E-state index is 12.0. The fourth-order valence-electron chi connectivity index (χ4n) is 2.04. The van der Waals surface area contributed by atoms with Crippen LogP contribution < -0.4 is 5.32 Å². The van der Waals surface area contributed by atoms with Crippen molar-refractivity contribution in [3.8, 4) is 0 Å². The van der Waals surface area contributed by atoms with E-state index in [0.717, 1.165) is 17.7 Å². The summed E-state index contributed by atoms with van der Waals surface area (Å²) in [7, 11) is 0. The number of rotatable bonds is 5. The predicted molar refractivity (Wildman–Crippen MR) is 75.8 cm³/mol. The first kappa shape index (κ1) is 13.9. The van der Waals surface area contributed by atoms with Crippen LogP contribution in [0.5, 0.6) is 0 Å². The number of aromatic carboxylic acids is 1. The molecule has 1 aromatic heterocycles. The van der Waals surface area contributed by atoms with Gasteiger partial charge in [0.1, 0.15) is 12.2 Å². The van der Waals surface area contributed by atoms with Crippen LogP contribution in [0.4, 0.5) is 5.69 Å². The number of nitrogens with one attached hydrogen (secondary N) is 1. The lowest BCUT2D eigenvalue weighted by molar-refractivity contribution is -0.116. The molecule has 0 fully saturated rings. The van der Waals surface area contributed by atoms with E-state index in [1.807, 2.05) is 31.2 Å². The molecule has 20 heavy (non-hydrogen) atoms. The van der Waals surface area contributed by atoms with Crippen molar-refractivity contribution in [1.29, 1.82) is 0 Å². The van der Waals surface area contributed by atoms with Crippen molar-refractivity contribution in [3.63, 3.8) is 0 Å². The zero-order chi connectivity index (χ0) is 14.5. The van der Waals surface area contributed by atoms with Crippen LogP contribution in [0, 0.1) is 0 Å². The van der Waals surface area contributed by atoms with Gasteiger partial charge < -0.3 is 15.0 Å². The third kappa shape index (κ3) is 3.06. The van der Waals surface area contributed by atoms with E-state index in [2.05, 4.69) is 5.32 Å². The zero-order valence-corrected chi connectivity index (χ0v) is 11.2. The van der Waals surface area contributed by atoms with E-state index >= 15 is 0 Å². The molecule has 0 saturated carbocycles. The van der Waals surface area contributed by atoms with Gasteiger partial charge in [-0.2, -0.15) is 0 Å². The Labute approximate surface area is 116 Å². The average Bonchev–Trinajstić information content (AvgIpc) is 2.87. The molecule has 2 aromatic rings. The number of hydrogen-bond donors (Lipinski definition) is 2. The van der Waals surface area contributed by atoms with Crippen LogP contribution in [-0.2, 0) is 17.8 Å². The van der Waals surface area contributed by atoms with Crippen molar-refractivity contribution >= 4 is 17.6 Å². The molecule has 104 valence electrons. The van der Waals surface area contributed by atoms with Gasteiger partial charge in [-0.1, -0.05) is 25.1 Å². The lowest BCUT2D eigenvalue weighted by Crippen LogP contribution is -2.21. The molecule has 0 aliphatic carbocycles. The van der Waals surface area contributed by atoms with E-state index in [4.69, 9.17) is 5.11 Å². The summed E-state index contributed by atoms with van der Waals surface area (Å²) >= 11 is 0. The molecule has 0 aliphatic heterocycles. The SMILES string of the molecule is CCc1ccccc1NC(=O)Cn1cccc1C(=O)O. The maximum Gasteiger partial charge on any atom is 0.352 e. The van der Waals surface area contributed by atoms with Gasteiger partial charge in [-0.15, -0.1) is 0 Å². The molecule has 5 nitrogen and oxygen atoms in total. The van der Waals surface area contributed by atoms with Gasteiger partial charge in [-0.3, -0.25) is 4.79 Å². The van der Waals surface area contributed by atoms with Gasteiger partial charge in [0.15, 0.2) is 0 Å². The smallest absolute Gasteiger partial charge is 0.352 e. The number of anilines is 1. The second kappa shape index (κ2) is 6.06. The molecule has 1 heterocycles. The highest BCUT2D eigenvalue weighted by molar-refractivity contribution is 5.92. The third-order valence-electron chi connectivity index (χ3n) is 3.03. The Balaban J connectivity index is 2.09. The molecule has 1 amide bonds. The molecule has 5 heteroatoms. The summed E-state index contributed by atoms with van der Waals surface area (Å²) in [6.45, 7) is 1.99. The molecular weight excluding hydrogens is 256 g/mol. The van der Waals surface area contributed by atoms with Gasteiger partial charge in [0.2, 0.25) is 5.91 Å². The van der Waals surface area contributed by atoms with E-state index < -0.39 is 5.97 Å². The van der Waals surface area contributed by atoms with Crippen LogP contribution in [0.2, 0.25) is 0 Å². The average molecular weight is 272 g/mol. The molecule has 0 saturated heterocycles. The molecule has 2 rings (SSSR count). The molecule has 0 spiro atoms. The van der Waals surface area contributed by atoms with Crippen molar-refractivity contribution in [1.82, 2.24) is 4.57 Å². The van der Waals surface area contributed by atoms with Crippen LogP contribution >= 0.6 is 0 Å². The Bertz CT molecular complexity index is 632. The molecule has 2 N–H and O–H groups in total. The lowest BCUT2D eigenvalue weighted by Gasteiger charge is -2.11. The predicted octanol–water partition coefficient (Wildman–Crippen LogP) is 2.39.